The second kappa shape index (κ2) is 9.28. The second-order valence-electron chi connectivity index (χ2n) is 6.68. The molecule has 1 amide bonds. The molecular formula is C21H28N3O3+. The molecule has 6 nitrogen and oxygen atoms in total. The molecule has 0 spiro atoms. The van der Waals surface area contributed by atoms with Gasteiger partial charge in [-0.25, -0.2) is 0 Å². The highest BCUT2D eigenvalue weighted by Crippen LogP contribution is 2.27. The molecule has 3 rings (SSSR count). The van der Waals surface area contributed by atoms with Crippen LogP contribution >= 0.6 is 0 Å². The monoisotopic (exact) mass is 370 g/mol. The summed E-state index contributed by atoms with van der Waals surface area (Å²) in [6, 6.07) is 15.3. The van der Waals surface area contributed by atoms with Gasteiger partial charge in [0.25, 0.3) is 5.91 Å². The summed E-state index contributed by atoms with van der Waals surface area (Å²) < 4.78 is 11.2. The first-order valence-electron chi connectivity index (χ1n) is 9.47. The maximum Gasteiger partial charge on any atom is 0.262 e. The molecule has 0 bridgehead atoms. The summed E-state index contributed by atoms with van der Waals surface area (Å²) in [6.45, 7) is 6.56. The number of ether oxygens (including phenoxy) is 2. The largest absolute Gasteiger partial charge is 0.490 e. The van der Waals surface area contributed by atoms with Gasteiger partial charge in [0.15, 0.2) is 18.1 Å². The normalized spacial score (nSPS) is 14.7. The van der Waals surface area contributed by atoms with Gasteiger partial charge in [-0.2, -0.15) is 0 Å². The number of rotatable bonds is 7. The Labute approximate surface area is 160 Å². The first-order valence-corrected chi connectivity index (χ1v) is 9.47. The van der Waals surface area contributed by atoms with Gasteiger partial charge in [-0.3, -0.25) is 4.79 Å². The van der Waals surface area contributed by atoms with Gasteiger partial charge >= 0.3 is 0 Å². The maximum atomic E-state index is 12.4. The molecule has 1 aliphatic rings. The molecule has 0 atom stereocenters. The molecule has 0 radical (unpaired) electrons. The van der Waals surface area contributed by atoms with Crippen molar-refractivity contribution in [2.75, 3.05) is 56.7 Å². The Morgan fingerprint density at radius 3 is 2.37 bits per heavy atom. The molecular weight excluding hydrogens is 342 g/mol. The third-order valence-corrected chi connectivity index (χ3v) is 4.64. The van der Waals surface area contributed by atoms with Gasteiger partial charge in [0, 0.05) is 0 Å². The maximum absolute atomic E-state index is 12.4. The van der Waals surface area contributed by atoms with Crippen LogP contribution in [0, 0.1) is 0 Å². The minimum atomic E-state index is -0.187. The molecule has 2 aromatic carbocycles. The van der Waals surface area contributed by atoms with Crippen molar-refractivity contribution in [1.82, 2.24) is 0 Å². The molecule has 0 aromatic heterocycles. The van der Waals surface area contributed by atoms with Crippen LogP contribution in [0.25, 0.3) is 0 Å². The summed E-state index contributed by atoms with van der Waals surface area (Å²) in [5.41, 5.74) is 1.89. The zero-order valence-electron chi connectivity index (χ0n) is 16.0. The number of hydrogen-bond donors (Lipinski definition) is 2. The number of benzene rings is 2. The third kappa shape index (κ3) is 5.14. The summed E-state index contributed by atoms with van der Waals surface area (Å²) in [7, 11) is 2.21. The summed E-state index contributed by atoms with van der Waals surface area (Å²) in [5.74, 6) is 1.03. The lowest BCUT2D eigenvalue weighted by molar-refractivity contribution is -0.880. The minimum absolute atomic E-state index is 0.0642. The molecule has 2 aromatic rings. The lowest BCUT2D eigenvalue weighted by atomic mass is 10.2. The molecule has 0 saturated carbocycles. The quantitative estimate of drug-likeness (QED) is 0.774. The molecule has 0 unspecified atom stereocenters. The number of nitrogens with zero attached hydrogens (tertiary/aromatic N) is 1. The van der Waals surface area contributed by atoms with Gasteiger partial charge in [-0.15, -0.1) is 0 Å². The standard InChI is InChI=1S/C21H27N3O3/c1-3-26-19-10-6-7-11-20(19)27-16-21(25)22-17-8-4-5-9-18(17)24-14-12-23(2)13-15-24/h4-11H,3,12-16H2,1-2H3,(H,22,25)/p+1. The first-order chi connectivity index (χ1) is 13.2. The minimum Gasteiger partial charge on any atom is -0.490 e. The van der Waals surface area contributed by atoms with Crippen molar-refractivity contribution in [2.45, 2.75) is 6.92 Å². The van der Waals surface area contributed by atoms with E-state index in [1.807, 2.05) is 43.3 Å². The molecule has 6 heteroatoms. The van der Waals surface area contributed by atoms with Crippen molar-refractivity contribution in [3.05, 3.63) is 48.5 Å². The Balaban J connectivity index is 1.62. The zero-order chi connectivity index (χ0) is 19.1. The highest BCUT2D eigenvalue weighted by Gasteiger charge is 2.20. The van der Waals surface area contributed by atoms with Crippen LogP contribution in [-0.2, 0) is 4.79 Å². The van der Waals surface area contributed by atoms with Crippen molar-refractivity contribution < 1.29 is 19.2 Å². The van der Waals surface area contributed by atoms with Gasteiger partial charge < -0.3 is 24.6 Å². The van der Waals surface area contributed by atoms with Crippen LogP contribution < -0.4 is 24.6 Å². The average molecular weight is 370 g/mol. The van der Waals surface area contributed by atoms with E-state index in [1.165, 1.54) is 4.90 Å². The number of carbonyl (C=O) groups excluding carboxylic acids is 1. The van der Waals surface area contributed by atoms with Gasteiger partial charge in [-0.1, -0.05) is 24.3 Å². The van der Waals surface area contributed by atoms with Crippen molar-refractivity contribution in [3.63, 3.8) is 0 Å². The number of para-hydroxylation sites is 4. The van der Waals surface area contributed by atoms with Gasteiger partial charge in [-0.05, 0) is 31.2 Å². The molecule has 1 fully saturated rings. The fourth-order valence-corrected chi connectivity index (χ4v) is 3.16. The van der Waals surface area contributed by atoms with Crippen LogP contribution in [0.1, 0.15) is 6.92 Å². The van der Waals surface area contributed by atoms with Crippen LogP contribution in [0.2, 0.25) is 0 Å². The third-order valence-electron chi connectivity index (χ3n) is 4.64. The van der Waals surface area contributed by atoms with Crippen LogP contribution in [0.3, 0.4) is 0 Å². The Hall–Kier alpha value is -2.73. The SMILES string of the molecule is CCOc1ccccc1OCC(=O)Nc1ccccc1N1CC[NH+](C)CC1. The van der Waals surface area contributed by atoms with E-state index in [9.17, 15) is 4.79 Å². The topological polar surface area (TPSA) is 55.2 Å². The Kier molecular flexibility index (Phi) is 6.54. The van der Waals surface area contributed by atoms with E-state index in [0.717, 1.165) is 37.6 Å². The molecule has 1 heterocycles. The number of carbonyl (C=O) groups is 1. The number of quaternary nitrogens is 1. The highest BCUT2D eigenvalue weighted by atomic mass is 16.5. The van der Waals surface area contributed by atoms with Crippen LogP contribution in [0.15, 0.2) is 48.5 Å². The van der Waals surface area contributed by atoms with E-state index >= 15 is 0 Å². The van der Waals surface area contributed by atoms with Crippen molar-refractivity contribution in [3.8, 4) is 11.5 Å². The Bertz CT molecular complexity index is 758. The van der Waals surface area contributed by atoms with Gasteiger partial charge in [0.1, 0.15) is 0 Å². The highest BCUT2D eigenvalue weighted by molar-refractivity contribution is 5.95. The Morgan fingerprint density at radius 1 is 1.04 bits per heavy atom. The smallest absolute Gasteiger partial charge is 0.262 e. The number of hydrogen-bond acceptors (Lipinski definition) is 4. The number of likely N-dealkylation sites (N-methyl/N-ethyl adjacent to an activating group) is 1. The van der Waals surface area contributed by atoms with Crippen molar-refractivity contribution in [1.29, 1.82) is 0 Å². The van der Waals surface area contributed by atoms with Crippen molar-refractivity contribution >= 4 is 17.3 Å². The zero-order valence-corrected chi connectivity index (χ0v) is 16.0. The summed E-state index contributed by atoms with van der Waals surface area (Å²) in [5, 5.41) is 2.99. The van der Waals surface area contributed by atoms with Crippen LogP contribution in [0.4, 0.5) is 11.4 Å². The number of amides is 1. The number of piperazine rings is 1. The molecule has 0 aliphatic carbocycles. The lowest BCUT2D eigenvalue weighted by Crippen LogP contribution is -3.12. The summed E-state index contributed by atoms with van der Waals surface area (Å²) in [4.78, 5) is 16.3. The van der Waals surface area contributed by atoms with Crippen molar-refractivity contribution in [2.24, 2.45) is 0 Å². The summed E-state index contributed by atoms with van der Waals surface area (Å²) >= 11 is 0. The van der Waals surface area contributed by atoms with Crippen LogP contribution in [-0.4, -0.2) is 52.3 Å². The van der Waals surface area contributed by atoms with Gasteiger partial charge in [0.2, 0.25) is 0 Å². The molecule has 2 N–H and O–H groups in total. The molecule has 1 aliphatic heterocycles. The second-order valence-corrected chi connectivity index (χ2v) is 6.68. The summed E-state index contributed by atoms with van der Waals surface area (Å²) in [6.07, 6.45) is 0. The van der Waals surface area contributed by atoms with Crippen LogP contribution in [0.5, 0.6) is 11.5 Å². The molecule has 27 heavy (non-hydrogen) atoms. The molecule has 144 valence electrons. The van der Waals surface area contributed by atoms with E-state index in [0.29, 0.717) is 18.1 Å². The van der Waals surface area contributed by atoms with E-state index in [2.05, 4.69) is 23.3 Å². The fourth-order valence-electron chi connectivity index (χ4n) is 3.16. The first kappa shape index (κ1) is 19.0. The number of nitrogens with one attached hydrogen (secondary N) is 2. The Morgan fingerprint density at radius 2 is 1.67 bits per heavy atom. The van der Waals surface area contributed by atoms with E-state index in [-0.39, 0.29) is 12.5 Å². The lowest BCUT2D eigenvalue weighted by Gasteiger charge is -2.33. The van der Waals surface area contributed by atoms with E-state index in [1.54, 1.807) is 6.07 Å². The molecule has 1 saturated heterocycles. The average Bonchev–Trinajstić information content (AvgIpc) is 2.69. The predicted octanol–water partition coefficient (Wildman–Crippen LogP) is 1.44. The predicted molar refractivity (Wildman–Crippen MR) is 107 cm³/mol. The van der Waals surface area contributed by atoms with E-state index < -0.39 is 0 Å². The van der Waals surface area contributed by atoms with Gasteiger partial charge in [0.05, 0.1) is 51.2 Å². The number of anilines is 2. The fraction of sp³-hybridized carbons (Fsp3) is 0.381. The van der Waals surface area contributed by atoms with E-state index in [4.69, 9.17) is 9.47 Å².